The summed E-state index contributed by atoms with van der Waals surface area (Å²) in [4.78, 5) is 24.9. The fourth-order valence-corrected chi connectivity index (χ4v) is 2.80. The number of alkyl carbamates (subject to hydrolysis) is 1. The lowest BCUT2D eigenvalue weighted by atomic mass is 9.96. The first-order chi connectivity index (χ1) is 11.6. The van der Waals surface area contributed by atoms with Crippen molar-refractivity contribution in [3.63, 3.8) is 0 Å². The predicted octanol–water partition coefficient (Wildman–Crippen LogP) is 2.45. The summed E-state index contributed by atoms with van der Waals surface area (Å²) in [5.41, 5.74) is 1.26. The molecule has 2 amide bonds. The Morgan fingerprint density at radius 2 is 1.88 bits per heavy atom. The number of nitrogens with one attached hydrogen (secondary N) is 2. The van der Waals surface area contributed by atoms with E-state index in [-0.39, 0.29) is 24.9 Å². The molecule has 25 heavy (non-hydrogen) atoms. The van der Waals surface area contributed by atoms with Crippen LogP contribution in [-0.2, 0) is 16.1 Å². The van der Waals surface area contributed by atoms with Crippen LogP contribution in [0.3, 0.4) is 0 Å². The summed E-state index contributed by atoms with van der Waals surface area (Å²) in [5.74, 6) is 0.125. The van der Waals surface area contributed by atoms with Crippen molar-refractivity contribution in [2.24, 2.45) is 5.92 Å². The maximum atomic E-state index is 11.5. The molecule has 1 saturated heterocycles. The highest BCUT2D eigenvalue weighted by molar-refractivity contribution is 6.30. The van der Waals surface area contributed by atoms with Crippen molar-refractivity contribution >= 4 is 36.0 Å². The topological polar surface area (TPSA) is 70.7 Å². The van der Waals surface area contributed by atoms with Crippen molar-refractivity contribution in [3.8, 4) is 0 Å². The van der Waals surface area contributed by atoms with Crippen LogP contribution in [0.25, 0.3) is 0 Å². The van der Waals surface area contributed by atoms with Crippen LogP contribution in [-0.4, -0.2) is 50.2 Å². The molecule has 0 saturated carbocycles. The zero-order chi connectivity index (χ0) is 17.4. The number of benzene rings is 1. The Kier molecular flexibility index (Phi) is 9.63. The van der Waals surface area contributed by atoms with Crippen molar-refractivity contribution in [1.29, 1.82) is 0 Å². The Morgan fingerprint density at radius 3 is 2.48 bits per heavy atom. The number of nitrogens with zero attached hydrogens (tertiary/aromatic N) is 1. The van der Waals surface area contributed by atoms with E-state index in [1.807, 2.05) is 12.1 Å². The molecule has 1 aliphatic rings. The van der Waals surface area contributed by atoms with E-state index in [1.165, 1.54) is 12.6 Å². The summed E-state index contributed by atoms with van der Waals surface area (Å²) >= 11 is 5.90. The molecule has 1 aromatic rings. The zero-order valence-electron chi connectivity index (χ0n) is 14.3. The molecule has 0 unspecified atom stereocenters. The van der Waals surface area contributed by atoms with E-state index in [0.29, 0.717) is 12.5 Å². The molecule has 2 rings (SSSR count). The van der Waals surface area contributed by atoms with Gasteiger partial charge in [-0.05, 0) is 49.5 Å². The van der Waals surface area contributed by atoms with E-state index in [4.69, 9.17) is 16.3 Å². The molecule has 0 bridgehead atoms. The number of likely N-dealkylation sites (tertiary alicyclic amines) is 1. The first-order valence-corrected chi connectivity index (χ1v) is 8.52. The summed E-state index contributed by atoms with van der Waals surface area (Å²) in [6, 6.07) is 7.94. The summed E-state index contributed by atoms with van der Waals surface area (Å²) in [5, 5.41) is 5.88. The maximum absolute atomic E-state index is 11.5. The summed E-state index contributed by atoms with van der Waals surface area (Å²) < 4.78 is 4.81. The van der Waals surface area contributed by atoms with Gasteiger partial charge in [-0.2, -0.15) is 0 Å². The molecular weight excluding hydrogens is 365 g/mol. The smallest absolute Gasteiger partial charge is 0.407 e. The summed E-state index contributed by atoms with van der Waals surface area (Å²) in [6.45, 7) is 3.26. The molecule has 0 aromatic heterocycles. The standard InChI is InChI=1S/C17H24ClN3O3.ClH/c1-19-16(22)12-24-17(23)20-10-13-6-8-21(9-7-13)11-14-2-4-15(18)5-3-14;/h2-5,13H,6-12H2,1H3,(H,19,22)(H,20,23);1H. The van der Waals surface area contributed by atoms with E-state index < -0.39 is 6.09 Å². The van der Waals surface area contributed by atoms with Crippen molar-refractivity contribution in [2.45, 2.75) is 19.4 Å². The second-order valence-corrected chi connectivity index (χ2v) is 6.41. The number of carbonyl (C=O) groups is 2. The van der Waals surface area contributed by atoms with Crippen LogP contribution < -0.4 is 10.6 Å². The van der Waals surface area contributed by atoms with Gasteiger partial charge in [-0.15, -0.1) is 12.4 Å². The van der Waals surface area contributed by atoms with Gasteiger partial charge in [-0.1, -0.05) is 23.7 Å². The van der Waals surface area contributed by atoms with Crippen LogP contribution in [0.4, 0.5) is 4.79 Å². The van der Waals surface area contributed by atoms with Gasteiger partial charge in [-0.25, -0.2) is 4.79 Å². The van der Waals surface area contributed by atoms with Gasteiger partial charge in [0.25, 0.3) is 5.91 Å². The van der Waals surface area contributed by atoms with Crippen molar-refractivity contribution in [2.75, 3.05) is 33.3 Å². The van der Waals surface area contributed by atoms with Gasteiger partial charge in [0.05, 0.1) is 0 Å². The number of carbonyl (C=O) groups excluding carboxylic acids is 2. The van der Waals surface area contributed by atoms with Gasteiger partial charge in [0.2, 0.25) is 0 Å². The predicted molar refractivity (Wildman–Crippen MR) is 100 cm³/mol. The Morgan fingerprint density at radius 1 is 1.24 bits per heavy atom. The Balaban J connectivity index is 0.00000312. The Bertz CT molecular complexity index is 547. The van der Waals surface area contributed by atoms with Gasteiger partial charge < -0.3 is 15.4 Å². The van der Waals surface area contributed by atoms with Crippen LogP contribution >= 0.6 is 24.0 Å². The largest absolute Gasteiger partial charge is 0.439 e. The van der Waals surface area contributed by atoms with Gasteiger partial charge in [0.1, 0.15) is 0 Å². The molecule has 0 radical (unpaired) electrons. The molecule has 6 nitrogen and oxygen atoms in total. The van der Waals surface area contributed by atoms with Gasteiger partial charge >= 0.3 is 6.09 Å². The van der Waals surface area contributed by atoms with E-state index in [2.05, 4.69) is 27.7 Å². The van der Waals surface area contributed by atoms with Crippen molar-refractivity contribution in [3.05, 3.63) is 34.9 Å². The fraction of sp³-hybridized carbons (Fsp3) is 0.529. The highest BCUT2D eigenvalue weighted by atomic mass is 35.5. The second kappa shape index (κ2) is 11.2. The lowest BCUT2D eigenvalue weighted by molar-refractivity contribution is -0.123. The number of piperidine rings is 1. The number of hydrogen-bond donors (Lipinski definition) is 2. The monoisotopic (exact) mass is 389 g/mol. The Hall–Kier alpha value is -1.50. The van der Waals surface area contributed by atoms with Crippen LogP contribution in [0, 0.1) is 5.92 Å². The van der Waals surface area contributed by atoms with Gasteiger partial charge in [-0.3, -0.25) is 9.69 Å². The SMILES string of the molecule is CNC(=O)COC(=O)NCC1CCN(Cc2ccc(Cl)cc2)CC1.Cl. The lowest BCUT2D eigenvalue weighted by Crippen LogP contribution is -2.39. The second-order valence-electron chi connectivity index (χ2n) is 5.98. The average molecular weight is 390 g/mol. The molecule has 0 atom stereocenters. The molecule has 8 heteroatoms. The average Bonchev–Trinajstić information content (AvgIpc) is 2.61. The first kappa shape index (κ1) is 21.5. The summed E-state index contributed by atoms with van der Waals surface area (Å²) in [7, 11) is 1.50. The molecular formula is C17H25Cl2N3O3. The molecule has 0 aliphatic carbocycles. The number of halogens is 2. The number of rotatable bonds is 6. The Labute approximate surface area is 159 Å². The molecule has 1 aliphatic heterocycles. The third kappa shape index (κ3) is 7.94. The van der Waals surface area contributed by atoms with E-state index >= 15 is 0 Å². The number of likely N-dealkylation sites (N-methyl/N-ethyl adjacent to an activating group) is 1. The highest BCUT2D eigenvalue weighted by Crippen LogP contribution is 2.19. The molecule has 1 fully saturated rings. The minimum absolute atomic E-state index is 0. The first-order valence-electron chi connectivity index (χ1n) is 8.15. The number of hydrogen-bond acceptors (Lipinski definition) is 4. The third-order valence-electron chi connectivity index (χ3n) is 4.17. The quantitative estimate of drug-likeness (QED) is 0.783. The minimum Gasteiger partial charge on any atom is -0.439 e. The van der Waals surface area contributed by atoms with E-state index in [9.17, 15) is 9.59 Å². The number of ether oxygens (including phenoxy) is 1. The molecule has 2 N–H and O–H groups in total. The van der Waals surface area contributed by atoms with Crippen molar-refractivity contribution in [1.82, 2.24) is 15.5 Å². The lowest BCUT2D eigenvalue weighted by Gasteiger charge is -2.32. The third-order valence-corrected chi connectivity index (χ3v) is 4.43. The van der Waals surface area contributed by atoms with Crippen LogP contribution in [0.15, 0.2) is 24.3 Å². The molecule has 0 spiro atoms. The van der Waals surface area contributed by atoms with Crippen LogP contribution in [0.5, 0.6) is 0 Å². The molecule has 140 valence electrons. The number of amides is 2. The highest BCUT2D eigenvalue weighted by Gasteiger charge is 2.20. The maximum Gasteiger partial charge on any atom is 0.407 e. The molecule has 1 aromatic carbocycles. The summed E-state index contributed by atoms with van der Waals surface area (Å²) in [6.07, 6.45) is 1.52. The van der Waals surface area contributed by atoms with Gasteiger partial charge in [0, 0.05) is 25.2 Å². The van der Waals surface area contributed by atoms with Crippen molar-refractivity contribution < 1.29 is 14.3 Å². The van der Waals surface area contributed by atoms with Crippen LogP contribution in [0.1, 0.15) is 18.4 Å². The fourth-order valence-electron chi connectivity index (χ4n) is 2.68. The molecule has 1 heterocycles. The minimum atomic E-state index is -0.540. The van der Waals surface area contributed by atoms with Crippen LogP contribution in [0.2, 0.25) is 5.02 Å². The normalized spacial score (nSPS) is 15.1. The van der Waals surface area contributed by atoms with E-state index in [1.54, 1.807) is 0 Å². The van der Waals surface area contributed by atoms with E-state index in [0.717, 1.165) is 37.5 Å². The van der Waals surface area contributed by atoms with Gasteiger partial charge in [0.15, 0.2) is 6.61 Å². The zero-order valence-corrected chi connectivity index (χ0v) is 15.9.